The van der Waals surface area contributed by atoms with Gasteiger partial charge in [0.2, 0.25) is 0 Å². The Kier molecular flexibility index (Phi) is 4.27. The van der Waals surface area contributed by atoms with E-state index in [1.54, 1.807) is 37.5 Å². The van der Waals surface area contributed by atoms with Crippen LogP contribution in [0.1, 0.15) is 12.5 Å². The van der Waals surface area contributed by atoms with Gasteiger partial charge in [-0.15, -0.1) is 0 Å². The molecule has 0 aliphatic rings. The number of hydrogen-bond acceptors (Lipinski definition) is 4. The first-order chi connectivity index (χ1) is 7.61. The summed E-state index contributed by atoms with van der Waals surface area (Å²) in [6.07, 6.45) is 2.76. The van der Waals surface area contributed by atoms with E-state index in [1.165, 1.54) is 13.0 Å². The lowest BCUT2D eigenvalue weighted by atomic mass is 10.2. The molecular weight excluding hydrogens is 208 g/mol. The average molecular weight is 220 g/mol. The smallest absolute Gasteiger partial charge is 0.338 e. The Labute approximate surface area is 93.5 Å². The van der Waals surface area contributed by atoms with Crippen LogP contribution in [0.15, 0.2) is 30.3 Å². The van der Waals surface area contributed by atoms with Gasteiger partial charge in [0, 0.05) is 13.0 Å². The van der Waals surface area contributed by atoms with Crippen molar-refractivity contribution in [1.82, 2.24) is 0 Å². The maximum atomic E-state index is 11.0. The molecule has 1 rings (SSSR count). The zero-order valence-corrected chi connectivity index (χ0v) is 9.10. The highest BCUT2D eigenvalue weighted by molar-refractivity contribution is 5.94. The van der Waals surface area contributed by atoms with Gasteiger partial charge in [0.15, 0.2) is 0 Å². The molecule has 0 spiro atoms. The minimum atomic E-state index is -0.677. The molecule has 0 aliphatic heterocycles. The van der Waals surface area contributed by atoms with Gasteiger partial charge in [-0.2, -0.15) is 0 Å². The van der Waals surface area contributed by atoms with E-state index in [0.717, 1.165) is 11.3 Å². The van der Waals surface area contributed by atoms with Gasteiger partial charge in [0.05, 0.1) is 7.11 Å². The van der Waals surface area contributed by atoms with E-state index in [0.29, 0.717) is 0 Å². The van der Waals surface area contributed by atoms with Crippen molar-refractivity contribution in [2.45, 2.75) is 6.92 Å². The average Bonchev–Trinajstić information content (AvgIpc) is 2.26. The molecular formula is C12H12O4. The van der Waals surface area contributed by atoms with Crippen molar-refractivity contribution in [3.8, 4) is 5.75 Å². The highest BCUT2D eigenvalue weighted by Gasteiger charge is 2.00. The number of esters is 2. The molecule has 0 aromatic heterocycles. The van der Waals surface area contributed by atoms with E-state index in [9.17, 15) is 9.59 Å². The van der Waals surface area contributed by atoms with Gasteiger partial charge in [-0.3, -0.25) is 4.79 Å². The number of ether oxygens (including phenoxy) is 2. The predicted octanol–water partition coefficient (Wildman–Crippen LogP) is 1.80. The topological polar surface area (TPSA) is 52.6 Å². The van der Waals surface area contributed by atoms with E-state index in [2.05, 4.69) is 4.74 Å². The molecule has 0 atom stereocenters. The second kappa shape index (κ2) is 5.70. The number of carbonyl (C=O) groups is 2. The zero-order valence-electron chi connectivity index (χ0n) is 9.10. The Morgan fingerprint density at radius 2 is 1.81 bits per heavy atom. The van der Waals surface area contributed by atoms with E-state index in [1.807, 2.05) is 0 Å². The minimum absolute atomic E-state index is 0.621. The molecule has 4 heteroatoms. The van der Waals surface area contributed by atoms with Crippen LogP contribution >= 0.6 is 0 Å². The Hall–Kier alpha value is -2.10. The molecule has 0 heterocycles. The van der Waals surface area contributed by atoms with Crippen LogP contribution in [0.3, 0.4) is 0 Å². The van der Waals surface area contributed by atoms with Crippen LogP contribution in [0, 0.1) is 0 Å². The first kappa shape index (κ1) is 12.0. The summed E-state index contributed by atoms with van der Waals surface area (Å²) in [4.78, 5) is 21.5. The quantitative estimate of drug-likeness (QED) is 0.443. The van der Waals surface area contributed by atoms with Crippen molar-refractivity contribution in [2.24, 2.45) is 0 Å². The largest absolute Gasteiger partial charge is 0.497 e. The predicted molar refractivity (Wildman–Crippen MR) is 58.8 cm³/mol. The third-order valence-corrected chi connectivity index (χ3v) is 1.77. The summed E-state index contributed by atoms with van der Waals surface area (Å²) in [5, 5.41) is 0. The summed E-state index contributed by atoms with van der Waals surface area (Å²) in [7, 11) is 1.58. The van der Waals surface area contributed by atoms with Crippen LogP contribution in [0.5, 0.6) is 5.75 Å². The molecule has 0 fully saturated rings. The standard InChI is InChI=1S/C12H12O4/c1-9(13)16-12(14)8-5-10-3-6-11(15-2)7-4-10/h3-8H,1-2H3/b8-5+. The Morgan fingerprint density at radius 1 is 1.19 bits per heavy atom. The lowest BCUT2D eigenvalue weighted by Gasteiger charge is -1.98. The third kappa shape index (κ3) is 3.96. The van der Waals surface area contributed by atoms with E-state index >= 15 is 0 Å². The van der Waals surface area contributed by atoms with Crippen LogP contribution in [0.25, 0.3) is 6.08 Å². The minimum Gasteiger partial charge on any atom is -0.497 e. The molecule has 0 aliphatic carbocycles. The second-order valence-electron chi connectivity index (χ2n) is 3.02. The Morgan fingerprint density at radius 3 is 2.31 bits per heavy atom. The molecule has 1 aromatic carbocycles. The number of rotatable bonds is 3. The summed E-state index contributed by atoms with van der Waals surface area (Å²) in [5.41, 5.74) is 0.821. The highest BCUT2D eigenvalue weighted by atomic mass is 16.6. The van der Waals surface area contributed by atoms with Gasteiger partial charge >= 0.3 is 11.9 Å². The SMILES string of the molecule is COc1ccc(/C=C/C(=O)OC(C)=O)cc1. The zero-order chi connectivity index (χ0) is 12.0. The molecule has 0 unspecified atom stereocenters. The molecule has 0 bridgehead atoms. The van der Waals surface area contributed by atoms with Crippen molar-refractivity contribution < 1.29 is 19.1 Å². The maximum Gasteiger partial charge on any atom is 0.338 e. The summed E-state index contributed by atoms with van der Waals surface area (Å²) in [5.74, 6) is -0.559. The van der Waals surface area contributed by atoms with Crippen LogP contribution in [0.2, 0.25) is 0 Å². The first-order valence-electron chi connectivity index (χ1n) is 4.66. The van der Waals surface area contributed by atoms with Crippen molar-refractivity contribution >= 4 is 18.0 Å². The van der Waals surface area contributed by atoms with E-state index in [-0.39, 0.29) is 0 Å². The van der Waals surface area contributed by atoms with E-state index < -0.39 is 11.9 Å². The summed E-state index contributed by atoms with van der Waals surface area (Å²) in [6, 6.07) is 7.12. The molecule has 1 aromatic rings. The summed E-state index contributed by atoms with van der Waals surface area (Å²) < 4.78 is 9.31. The number of carbonyl (C=O) groups excluding carboxylic acids is 2. The van der Waals surface area contributed by atoms with Crippen LogP contribution in [0.4, 0.5) is 0 Å². The molecule has 0 N–H and O–H groups in total. The van der Waals surface area contributed by atoms with Crippen molar-refractivity contribution in [2.75, 3.05) is 7.11 Å². The first-order valence-corrected chi connectivity index (χ1v) is 4.66. The fourth-order valence-electron chi connectivity index (χ4n) is 1.05. The third-order valence-electron chi connectivity index (χ3n) is 1.77. The highest BCUT2D eigenvalue weighted by Crippen LogP contribution is 2.12. The normalized spacial score (nSPS) is 10.1. The maximum absolute atomic E-state index is 11.0. The van der Waals surface area contributed by atoms with Gasteiger partial charge in [-0.25, -0.2) is 4.79 Å². The second-order valence-corrected chi connectivity index (χ2v) is 3.02. The van der Waals surface area contributed by atoms with Gasteiger partial charge in [0.25, 0.3) is 0 Å². The molecule has 84 valence electrons. The molecule has 0 saturated carbocycles. The van der Waals surface area contributed by atoms with Crippen molar-refractivity contribution in [1.29, 1.82) is 0 Å². The number of methoxy groups -OCH3 is 1. The van der Waals surface area contributed by atoms with Crippen LogP contribution in [-0.4, -0.2) is 19.0 Å². The number of benzene rings is 1. The fraction of sp³-hybridized carbons (Fsp3) is 0.167. The summed E-state index contributed by atoms with van der Waals surface area (Å²) in [6.45, 7) is 1.18. The van der Waals surface area contributed by atoms with Crippen LogP contribution < -0.4 is 4.74 Å². The van der Waals surface area contributed by atoms with Gasteiger partial charge < -0.3 is 9.47 Å². The molecule has 16 heavy (non-hydrogen) atoms. The summed E-state index contributed by atoms with van der Waals surface area (Å²) >= 11 is 0. The monoisotopic (exact) mass is 220 g/mol. The van der Waals surface area contributed by atoms with Crippen molar-refractivity contribution in [3.05, 3.63) is 35.9 Å². The number of hydrogen-bond donors (Lipinski definition) is 0. The van der Waals surface area contributed by atoms with Gasteiger partial charge in [0.1, 0.15) is 5.75 Å². The Balaban J connectivity index is 2.62. The van der Waals surface area contributed by atoms with Crippen LogP contribution in [-0.2, 0) is 14.3 Å². The molecule has 0 amide bonds. The Bertz CT molecular complexity index is 404. The van der Waals surface area contributed by atoms with Gasteiger partial charge in [-0.05, 0) is 23.8 Å². The molecule has 4 nitrogen and oxygen atoms in total. The van der Waals surface area contributed by atoms with Crippen molar-refractivity contribution in [3.63, 3.8) is 0 Å². The van der Waals surface area contributed by atoms with Gasteiger partial charge in [-0.1, -0.05) is 12.1 Å². The molecule has 0 radical (unpaired) electrons. The fourth-order valence-corrected chi connectivity index (χ4v) is 1.05. The lowest BCUT2D eigenvalue weighted by Crippen LogP contribution is -2.05. The van der Waals surface area contributed by atoms with E-state index in [4.69, 9.17) is 4.74 Å². The molecule has 0 saturated heterocycles. The lowest BCUT2D eigenvalue weighted by molar-refractivity contribution is -0.154.